The number of aliphatic hydroxyl groups is 1. The Kier molecular flexibility index (Phi) is 3.91. The molecule has 1 aliphatic rings. The second-order valence-electron chi connectivity index (χ2n) is 4.81. The van der Waals surface area contributed by atoms with Crippen molar-refractivity contribution in [3.05, 3.63) is 0 Å². The Labute approximate surface area is 86.3 Å². The predicted octanol–water partition coefficient (Wildman–Crippen LogP) is 1.53. The molecule has 14 heavy (non-hydrogen) atoms. The summed E-state index contributed by atoms with van der Waals surface area (Å²) in [6.45, 7) is 4.64. The topological polar surface area (TPSA) is 47.3 Å². The van der Waals surface area contributed by atoms with Crippen LogP contribution in [0.25, 0.3) is 0 Å². The maximum atomic E-state index is 9.72. The molecule has 1 N–H and O–H groups in total. The summed E-state index contributed by atoms with van der Waals surface area (Å²) >= 11 is 0. The summed E-state index contributed by atoms with van der Waals surface area (Å²) in [7, 11) is 0. The normalized spacial score (nSPS) is 18.8. The molecule has 0 aliphatic heterocycles. The van der Waals surface area contributed by atoms with Crippen molar-refractivity contribution in [3.63, 3.8) is 0 Å². The monoisotopic (exact) mass is 196 g/mol. The maximum absolute atomic E-state index is 9.72. The first-order valence-corrected chi connectivity index (χ1v) is 5.36. The van der Waals surface area contributed by atoms with E-state index in [0.29, 0.717) is 19.1 Å². The zero-order valence-corrected chi connectivity index (χ0v) is 9.16. The van der Waals surface area contributed by atoms with Gasteiger partial charge in [-0.3, -0.25) is 4.90 Å². The molecule has 0 amide bonds. The molecular weight excluding hydrogens is 176 g/mol. The predicted molar refractivity (Wildman–Crippen MR) is 55.7 cm³/mol. The second-order valence-corrected chi connectivity index (χ2v) is 4.81. The van der Waals surface area contributed by atoms with Gasteiger partial charge in [-0.15, -0.1) is 0 Å². The fourth-order valence-electron chi connectivity index (χ4n) is 2.17. The summed E-state index contributed by atoms with van der Waals surface area (Å²) in [5.41, 5.74) is -0.695. The van der Waals surface area contributed by atoms with Crippen LogP contribution in [0.3, 0.4) is 0 Å². The molecule has 0 heterocycles. The summed E-state index contributed by atoms with van der Waals surface area (Å²) in [5, 5.41) is 18.4. The molecule has 1 fully saturated rings. The van der Waals surface area contributed by atoms with E-state index in [9.17, 15) is 5.11 Å². The minimum absolute atomic E-state index is 0.439. The zero-order chi connectivity index (χ0) is 10.6. The standard InChI is InChI=1S/C11H20N2O/c1-11(2,14)9-13(8-7-12)10-5-3-4-6-10/h10,14H,3-6,8-9H2,1-2H3. The van der Waals surface area contributed by atoms with Crippen molar-refractivity contribution in [2.24, 2.45) is 0 Å². The Morgan fingerprint density at radius 3 is 2.43 bits per heavy atom. The second kappa shape index (κ2) is 4.77. The lowest BCUT2D eigenvalue weighted by atomic mass is 10.1. The van der Waals surface area contributed by atoms with E-state index < -0.39 is 5.60 Å². The highest BCUT2D eigenvalue weighted by Gasteiger charge is 2.26. The van der Waals surface area contributed by atoms with Crippen LogP contribution in [0.5, 0.6) is 0 Å². The van der Waals surface area contributed by atoms with E-state index in [2.05, 4.69) is 11.0 Å². The van der Waals surface area contributed by atoms with Gasteiger partial charge in [0.2, 0.25) is 0 Å². The summed E-state index contributed by atoms with van der Waals surface area (Å²) in [5.74, 6) is 0. The summed E-state index contributed by atoms with van der Waals surface area (Å²) < 4.78 is 0. The van der Waals surface area contributed by atoms with Crippen molar-refractivity contribution in [1.82, 2.24) is 4.90 Å². The van der Waals surface area contributed by atoms with Gasteiger partial charge in [-0.2, -0.15) is 5.26 Å². The lowest BCUT2D eigenvalue weighted by Crippen LogP contribution is -2.43. The minimum Gasteiger partial charge on any atom is -0.389 e. The van der Waals surface area contributed by atoms with Gasteiger partial charge >= 0.3 is 0 Å². The molecule has 0 aromatic heterocycles. The third kappa shape index (κ3) is 3.65. The Bertz CT molecular complexity index is 208. The highest BCUT2D eigenvalue weighted by molar-refractivity contribution is 4.87. The molecule has 0 aromatic carbocycles. The Morgan fingerprint density at radius 1 is 1.43 bits per heavy atom. The smallest absolute Gasteiger partial charge is 0.0869 e. The molecule has 0 aromatic rings. The molecule has 0 bridgehead atoms. The van der Waals surface area contributed by atoms with Gasteiger partial charge in [0.25, 0.3) is 0 Å². The Balaban J connectivity index is 2.50. The molecule has 1 aliphatic carbocycles. The van der Waals surface area contributed by atoms with Gasteiger partial charge in [-0.05, 0) is 26.7 Å². The highest BCUT2D eigenvalue weighted by Crippen LogP contribution is 2.24. The SMILES string of the molecule is CC(C)(O)CN(CC#N)C1CCCC1. The molecule has 0 radical (unpaired) electrons. The van der Waals surface area contributed by atoms with Crippen LogP contribution in [-0.4, -0.2) is 34.7 Å². The van der Waals surface area contributed by atoms with E-state index >= 15 is 0 Å². The van der Waals surface area contributed by atoms with E-state index in [1.807, 2.05) is 0 Å². The maximum Gasteiger partial charge on any atom is 0.0869 e. The first-order valence-electron chi connectivity index (χ1n) is 5.36. The van der Waals surface area contributed by atoms with Gasteiger partial charge in [-0.1, -0.05) is 12.8 Å². The van der Waals surface area contributed by atoms with Gasteiger partial charge in [-0.25, -0.2) is 0 Å². The van der Waals surface area contributed by atoms with E-state index in [1.54, 1.807) is 13.8 Å². The molecule has 0 spiro atoms. The van der Waals surface area contributed by atoms with Crippen molar-refractivity contribution in [3.8, 4) is 6.07 Å². The Hall–Kier alpha value is -0.590. The number of nitriles is 1. The molecule has 3 nitrogen and oxygen atoms in total. The van der Waals surface area contributed by atoms with Crippen molar-refractivity contribution in [2.45, 2.75) is 51.2 Å². The van der Waals surface area contributed by atoms with Gasteiger partial charge < -0.3 is 5.11 Å². The van der Waals surface area contributed by atoms with Crippen LogP contribution >= 0.6 is 0 Å². The molecule has 80 valence electrons. The average molecular weight is 196 g/mol. The molecular formula is C11H20N2O. The largest absolute Gasteiger partial charge is 0.389 e. The lowest BCUT2D eigenvalue weighted by Gasteiger charge is -2.31. The van der Waals surface area contributed by atoms with Crippen LogP contribution in [0.4, 0.5) is 0 Å². The fraction of sp³-hybridized carbons (Fsp3) is 0.909. The van der Waals surface area contributed by atoms with E-state index in [-0.39, 0.29) is 0 Å². The van der Waals surface area contributed by atoms with E-state index in [4.69, 9.17) is 5.26 Å². The van der Waals surface area contributed by atoms with Crippen LogP contribution in [0.1, 0.15) is 39.5 Å². The number of hydrogen-bond donors (Lipinski definition) is 1. The van der Waals surface area contributed by atoms with Crippen molar-refractivity contribution < 1.29 is 5.11 Å². The zero-order valence-electron chi connectivity index (χ0n) is 9.16. The minimum atomic E-state index is -0.695. The van der Waals surface area contributed by atoms with Crippen LogP contribution in [0, 0.1) is 11.3 Å². The van der Waals surface area contributed by atoms with Crippen LogP contribution in [0.15, 0.2) is 0 Å². The van der Waals surface area contributed by atoms with E-state index in [1.165, 1.54) is 25.7 Å². The molecule has 1 saturated carbocycles. The van der Waals surface area contributed by atoms with Gasteiger partial charge in [0.1, 0.15) is 0 Å². The molecule has 1 rings (SSSR count). The van der Waals surface area contributed by atoms with Crippen LogP contribution < -0.4 is 0 Å². The molecule has 0 atom stereocenters. The molecule has 0 saturated heterocycles. The van der Waals surface area contributed by atoms with Crippen LogP contribution in [-0.2, 0) is 0 Å². The third-order valence-corrected chi connectivity index (χ3v) is 2.70. The van der Waals surface area contributed by atoms with Crippen molar-refractivity contribution in [1.29, 1.82) is 5.26 Å². The van der Waals surface area contributed by atoms with Crippen molar-refractivity contribution >= 4 is 0 Å². The van der Waals surface area contributed by atoms with Crippen molar-refractivity contribution in [2.75, 3.05) is 13.1 Å². The van der Waals surface area contributed by atoms with Gasteiger partial charge in [0, 0.05) is 12.6 Å². The number of nitrogens with zero attached hydrogens (tertiary/aromatic N) is 2. The lowest BCUT2D eigenvalue weighted by molar-refractivity contribution is 0.0267. The number of hydrogen-bond acceptors (Lipinski definition) is 3. The quantitative estimate of drug-likeness (QED) is 0.694. The highest BCUT2D eigenvalue weighted by atomic mass is 16.3. The summed E-state index contributed by atoms with van der Waals surface area (Å²) in [4.78, 5) is 2.12. The molecule has 0 unspecified atom stereocenters. The molecule has 3 heteroatoms. The Morgan fingerprint density at radius 2 is 2.00 bits per heavy atom. The fourth-order valence-corrected chi connectivity index (χ4v) is 2.17. The first kappa shape index (κ1) is 11.5. The number of rotatable bonds is 4. The first-order chi connectivity index (χ1) is 6.53. The average Bonchev–Trinajstić information content (AvgIpc) is 2.52. The van der Waals surface area contributed by atoms with Gasteiger partial charge in [0.05, 0.1) is 18.2 Å². The van der Waals surface area contributed by atoms with Gasteiger partial charge in [0.15, 0.2) is 0 Å². The third-order valence-electron chi connectivity index (χ3n) is 2.70. The van der Waals surface area contributed by atoms with Crippen LogP contribution in [0.2, 0.25) is 0 Å². The summed E-state index contributed by atoms with van der Waals surface area (Å²) in [6.07, 6.45) is 4.88. The summed E-state index contributed by atoms with van der Waals surface area (Å²) in [6, 6.07) is 2.70. The van der Waals surface area contributed by atoms with E-state index in [0.717, 1.165) is 0 Å².